The number of rotatable bonds is 5. The third kappa shape index (κ3) is 4.19. The fourth-order valence-electron chi connectivity index (χ4n) is 1.70. The Morgan fingerprint density at radius 2 is 1.81 bits per heavy atom. The molecule has 21 heavy (non-hydrogen) atoms. The van der Waals surface area contributed by atoms with Gasteiger partial charge in [-0.25, -0.2) is 0 Å². The van der Waals surface area contributed by atoms with Crippen LogP contribution in [0, 0.1) is 15.5 Å². The summed E-state index contributed by atoms with van der Waals surface area (Å²) in [5.74, 6) is 0.545. The molecule has 110 valence electrons. The molecule has 2 rings (SSSR count). The van der Waals surface area contributed by atoms with Crippen molar-refractivity contribution in [3.8, 4) is 5.75 Å². The van der Waals surface area contributed by atoms with Crippen LogP contribution in [-0.4, -0.2) is 10.8 Å². The molecule has 0 heterocycles. The summed E-state index contributed by atoms with van der Waals surface area (Å²) in [6.45, 7) is 0.108. The van der Waals surface area contributed by atoms with Gasteiger partial charge in [0.25, 0.3) is 5.69 Å². The van der Waals surface area contributed by atoms with Crippen molar-refractivity contribution in [2.45, 2.75) is 6.61 Å². The average molecular weight is 308 g/mol. The first-order chi connectivity index (χ1) is 9.58. The van der Waals surface area contributed by atoms with Crippen LogP contribution in [0.5, 0.6) is 5.75 Å². The maximum Gasteiger partial charge on any atom is 0.276 e. The smallest absolute Gasteiger partial charge is 0.276 e. The van der Waals surface area contributed by atoms with Crippen molar-refractivity contribution in [2.75, 3.05) is 0 Å². The van der Waals surface area contributed by atoms with Crippen LogP contribution in [0.4, 0.5) is 5.69 Å². The SMILES string of the molecule is Cl.N=C(N)c1ccc(OCc2ccccc2[N+](=O)[O-])cc1. The van der Waals surface area contributed by atoms with Crippen LogP contribution in [0.15, 0.2) is 48.5 Å². The van der Waals surface area contributed by atoms with Crippen LogP contribution in [0.2, 0.25) is 0 Å². The van der Waals surface area contributed by atoms with Crippen molar-refractivity contribution in [2.24, 2.45) is 5.73 Å². The van der Waals surface area contributed by atoms with Crippen molar-refractivity contribution in [1.82, 2.24) is 0 Å². The molecule has 0 fully saturated rings. The Kier molecular flexibility index (Phi) is 5.68. The van der Waals surface area contributed by atoms with Crippen molar-refractivity contribution >= 4 is 23.9 Å². The number of nitrogen functional groups attached to an aromatic ring is 1. The first kappa shape index (κ1) is 16.5. The standard InChI is InChI=1S/C14H13N3O3.ClH/c15-14(16)10-5-7-12(8-6-10)20-9-11-3-1-2-4-13(11)17(18)19;/h1-8H,9H2,(H3,15,16);1H. The van der Waals surface area contributed by atoms with Gasteiger partial charge in [-0.05, 0) is 30.3 Å². The molecule has 0 atom stereocenters. The second-order valence-corrected chi connectivity index (χ2v) is 4.11. The van der Waals surface area contributed by atoms with Gasteiger partial charge in [-0.3, -0.25) is 15.5 Å². The molecule has 0 aliphatic rings. The number of amidine groups is 1. The number of hydrogen-bond donors (Lipinski definition) is 2. The van der Waals surface area contributed by atoms with Gasteiger partial charge in [0, 0.05) is 11.6 Å². The second kappa shape index (κ2) is 7.25. The molecular formula is C14H14ClN3O3. The minimum atomic E-state index is -0.433. The Morgan fingerprint density at radius 1 is 1.19 bits per heavy atom. The van der Waals surface area contributed by atoms with Gasteiger partial charge < -0.3 is 10.5 Å². The summed E-state index contributed by atoms with van der Waals surface area (Å²) < 4.78 is 5.50. The molecule has 0 aliphatic carbocycles. The van der Waals surface area contributed by atoms with E-state index in [2.05, 4.69) is 0 Å². The third-order valence-corrected chi connectivity index (χ3v) is 2.75. The van der Waals surface area contributed by atoms with E-state index in [1.54, 1.807) is 42.5 Å². The van der Waals surface area contributed by atoms with Gasteiger partial charge in [0.2, 0.25) is 0 Å². The number of ether oxygens (including phenoxy) is 1. The van der Waals surface area contributed by atoms with E-state index in [9.17, 15) is 10.1 Å². The molecule has 0 amide bonds. The number of nitrogens with zero attached hydrogens (tertiary/aromatic N) is 1. The number of benzene rings is 2. The summed E-state index contributed by atoms with van der Waals surface area (Å²) >= 11 is 0. The van der Waals surface area contributed by atoms with Crippen LogP contribution >= 0.6 is 12.4 Å². The quantitative estimate of drug-likeness (QED) is 0.383. The summed E-state index contributed by atoms with van der Waals surface area (Å²) in [6, 6.07) is 13.1. The molecule has 2 aromatic carbocycles. The van der Waals surface area contributed by atoms with Crippen LogP contribution < -0.4 is 10.5 Å². The molecule has 0 radical (unpaired) electrons. The van der Waals surface area contributed by atoms with Crippen LogP contribution in [0.1, 0.15) is 11.1 Å². The largest absolute Gasteiger partial charge is 0.489 e. The van der Waals surface area contributed by atoms with E-state index < -0.39 is 4.92 Å². The first-order valence-electron chi connectivity index (χ1n) is 5.87. The van der Waals surface area contributed by atoms with E-state index in [-0.39, 0.29) is 30.5 Å². The van der Waals surface area contributed by atoms with E-state index in [1.807, 2.05) is 0 Å². The molecule has 7 heteroatoms. The molecule has 0 aromatic heterocycles. The zero-order valence-electron chi connectivity index (χ0n) is 11.0. The molecular weight excluding hydrogens is 294 g/mol. The monoisotopic (exact) mass is 307 g/mol. The van der Waals surface area contributed by atoms with Gasteiger partial charge in [0.15, 0.2) is 0 Å². The number of nitro groups is 1. The third-order valence-electron chi connectivity index (χ3n) is 2.75. The number of para-hydroxylation sites is 1. The highest BCUT2D eigenvalue weighted by atomic mass is 35.5. The van der Waals surface area contributed by atoms with E-state index in [4.69, 9.17) is 15.9 Å². The zero-order valence-corrected chi connectivity index (χ0v) is 11.8. The lowest BCUT2D eigenvalue weighted by molar-refractivity contribution is -0.385. The van der Waals surface area contributed by atoms with Crippen LogP contribution in [0.3, 0.4) is 0 Å². The van der Waals surface area contributed by atoms with Crippen LogP contribution in [0.25, 0.3) is 0 Å². The van der Waals surface area contributed by atoms with E-state index in [0.29, 0.717) is 16.9 Å². The summed E-state index contributed by atoms with van der Waals surface area (Å²) in [4.78, 5) is 10.4. The topological polar surface area (TPSA) is 102 Å². The van der Waals surface area contributed by atoms with Crippen LogP contribution in [-0.2, 0) is 6.61 Å². The lowest BCUT2D eigenvalue weighted by atomic mass is 10.2. The molecule has 3 N–H and O–H groups in total. The molecule has 0 aliphatic heterocycles. The highest BCUT2D eigenvalue weighted by molar-refractivity contribution is 5.94. The minimum absolute atomic E-state index is 0. The second-order valence-electron chi connectivity index (χ2n) is 4.11. The minimum Gasteiger partial charge on any atom is -0.489 e. The highest BCUT2D eigenvalue weighted by Crippen LogP contribution is 2.20. The summed E-state index contributed by atoms with van der Waals surface area (Å²) in [5.41, 5.74) is 6.49. The lowest BCUT2D eigenvalue weighted by Crippen LogP contribution is -2.10. The fraction of sp³-hybridized carbons (Fsp3) is 0.0714. The molecule has 6 nitrogen and oxygen atoms in total. The van der Waals surface area contributed by atoms with E-state index in [0.717, 1.165) is 0 Å². The average Bonchev–Trinajstić information content (AvgIpc) is 2.45. The normalized spacial score (nSPS) is 9.52. The number of nitrogens with one attached hydrogen (secondary N) is 1. The molecule has 0 spiro atoms. The van der Waals surface area contributed by atoms with Crippen molar-refractivity contribution in [3.05, 3.63) is 69.8 Å². The predicted molar refractivity (Wildman–Crippen MR) is 82.1 cm³/mol. The molecule has 0 saturated heterocycles. The first-order valence-corrected chi connectivity index (χ1v) is 5.87. The Labute approximate surface area is 127 Å². The molecule has 0 bridgehead atoms. The van der Waals surface area contributed by atoms with Gasteiger partial charge in [0.05, 0.1) is 10.5 Å². The maximum absolute atomic E-state index is 10.9. The van der Waals surface area contributed by atoms with E-state index in [1.165, 1.54) is 6.07 Å². The Morgan fingerprint density at radius 3 is 2.38 bits per heavy atom. The van der Waals surface area contributed by atoms with Gasteiger partial charge in [-0.15, -0.1) is 12.4 Å². The summed E-state index contributed by atoms with van der Waals surface area (Å²) in [5, 5.41) is 18.1. The van der Waals surface area contributed by atoms with E-state index >= 15 is 0 Å². The number of nitrogens with two attached hydrogens (primary N) is 1. The zero-order chi connectivity index (χ0) is 14.5. The lowest BCUT2D eigenvalue weighted by Gasteiger charge is -2.07. The van der Waals surface area contributed by atoms with Crippen molar-refractivity contribution in [3.63, 3.8) is 0 Å². The van der Waals surface area contributed by atoms with Gasteiger partial charge in [-0.2, -0.15) is 0 Å². The molecule has 0 saturated carbocycles. The number of hydrogen-bond acceptors (Lipinski definition) is 4. The summed E-state index contributed by atoms with van der Waals surface area (Å²) in [7, 11) is 0. The highest BCUT2D eigenvalue weighted by Gasteiger charge is 2.12. The number of nitro benzene ring substituents is 1. The van der Waals surface area contributed by atoms with Crippen molar-refractivity contribution in [1.29, 1.82) is 5.41 Å². The fourth-order valence-corrected chi connectivity index (χ4v) is 1.70. The Balaban J connectivity index is 0.00000220. The van der Waals surface area contributed by atoms with Gasteiger partial charge in [-0.1, -0.05) is 12.1 Å². The molecule has 2 aromatic rings. The Hall–Kier alpha value is -2.60. The maximum atomic E-state index is 10.9. The van der Waals surface area contributed by atoms with Crippen molar-refractivity contribution < 1.29 is 9.66 Å². The van der Waals surface area contributed by atoms with Gasteiger partial charge in [0.1, 0.15) is 18.2 Å². The predicted octanol–water partition coefficient (Wildman–Crippen LogP) is 2.88. The number of halogens is 1. The van der Waals surface area contributed by atoms with Gasteiger partial charge >= 0.3 is 0 Å². The summed E-state index contributed by atoms with van der Waals surface area (Å²) in [6.07, 6.45) is 0. The Bertz CT molecular complexity index is 644. The molecule has 0 unspecified atom stereocenters.